The van der Waals surface area contributed by atoms with Gasteiger partial charge in [0.05, 0.1) is 13.2 Å². The maximum absolute atomic E-state index is 5.51. The minimum Gasteiger partial charge on any atom is -0.353 e. The van der Waals surface area contributed by atoms with Crippen LogP contribution in [0.1, 0.15) is 33.1 Å². The summed E-state index contributed by atoms with van der Waals surface area (Å²) in [5.41, 5.74) is 0. The Morgan fingerprint density at radius 2 is 2.00 bits per heavy atom. The summed E-state index contributed by atoms with van der Waals surface area (Å²) in [6.45, 7) is 8.49. The maximum atomic E-state index is 5.51. The molecule has 1 unspecified atom stereocenters. The van der Waals surface area contributed by atoms with E-state index in [-0.39, 0.29) is 6.29 Å². The largest absolute Gasteiger partial charge is 0.353 e. The van der Waals surface area contributed by atoms with Crippen molar-refractivity contribution in [2.75, 3.05) is 33.4 Å². The quantitative estimate of drug-likeness (QED) is 0.677. The van der Waals surface area contributed by atoms with Gasteiger partial charge in [0.25, 0.3) is 0 Å². The van der Waals surface area contributed by atoms with Gasteiger partial charge in [-0.05, 0) is 19.4 Å². The molecule has 0 aromatic rings. The van der Waals surface area contributed by atoms with Crippen molar-refractivity contribution in [3.63, 3.8) is 0 Å². The Labute approximate surface area is 93.7 Å². The zero-order chi connectivity index (χ0) is 11.1. The van der Waals surface area contributed by atoms with Crippen LogP contribution < -0.4 is 0 Å². The summed E-state index contributed by atoms with van der Waals surface area (Å²) in [4.78, 5) is 2.37. The predicted molar refractivity (Wildman–Crippen MR) is 61.9 cm³/mol. The number of ether oxygens (including phenoxy) is 2. The van der Waals surface area contributed by atoms with E-state index < -0.39 is 0 Å². The van der Waals surface area contributed by atoms with Crippen LogP contribution in [-0.2, 0) is 9.47 Å². The zero-order valence-electron chi connectivity index (χ0n) is 10.4. The van der Waals surface area contributed by atoms with Crippen LogP contribution in [0, 0.1) is 5.92 Å². The average Bonchev–Trinajstić information content (AvgIpc) is 2.27. The smallest absolute Gasteiger partial charge is 0.158 e. The highest BCUT2D eigenvalue weighted by Gasteiger charge is 2.14. The third kappa shape index (κ3) is 5.50. The van der Waals surface area contributed by atoms with Gasteiger partial charge in [0, 0.05) is 19.5 Å². The van der Waals surface area contributed by atoms with Gasteiger partial charge in [-0.2, -0.15) is 0 Å². The van der Waals surface area contributed by atoms with E-state index in [4.69, 9.17) is 9.47 Å². The first kappa shape index (κ1) is 12.9. The van der Waals surface area contributed by atoms with Crippen molar-refractivity contribution in [1.82, 2.24) is 4.90 Å². The first-order valence-electron chi connectivity index (χ1n) is 6.14. The molecule has 1 heterocycles. The zero-order valence-corrected chi connectivity index (χ0v) is 10.4. The normalized spacial score (nSPS) is 20.8. The van der Waals surface area contributed by atoms with E-state index in [0.29, 0.717) is 0 Å². The fourth-order valence-electron chi connectivity index (χ4n) is 1.78. The Hall–Kier alpha value is -0.120. The lowest BCUT2D eigenvalue weighted by Gasteiger charge is -2.26. The van der Waals surface area contributed by atoms with Crippen molar-refractivity contribution < 1.29 is 9.47 Å². The van der Waals surface area contributed by atoms with Gasteiger partial charge in [0.2, 0.25) is 0 Å². The second-order valence-corrected chi connectivity index (χ2v) is 4.59. The molecule has 3 heteroatoms. The summed E-state index contributed by atoms with van der Waals surface area (Å²) < 4.78 is 11.0. The van der Waals surface area contributed by atoms with Crippen LogP contribution in [0.2, 0.25) is 0 Å². The van der Waals surface area contributed by atoms with E-state index in [1.807, 2.05) is 0 Å². The number of hydrogen-bond donors (Lipinski definition) is 0. The summed E-state index contributed by atoms with van der Waals surface area (Å²) >= 11 is 0. The minimum absolute atomic E-state index is 0.0399. The van der Waals surface area contributed by atoms with Crippen LogP contribution in [0.15, 0.2) is 0 Å². The highest BCUT2D eigenvalue weighted by Crippen LogP contribution is 2.10. The average molecular weight is 215 g/mol. The SMILES string of the molecule is CCC(C)CN(C)CCC1OCCCO1. The number of nitrogens with zero attached hydrogens (tertiary/aromatic N) is 1. The molecule has 1 fully saturated rings. The molecule has 0 aliphatic carbocycles. The fourth-order valence-corrected chi connectivity index (χ4v) is 1.78. The summed E-state index contributed by atoms with van der Waals surface area (Å²) in [7, 11) is 2.18. The molecule has 0 saturated carbocycles. The van der Waals surface area contributed by atoms with Gasteiger partial charge in [-0.15, -0.1) is 0 Å². The molecule has 0 bridgehead atoms. The molecular weight excluding hydrogens is 190 g/mol. The molecule has 0 aromatic heterocycles. The second kappa shape index (κ2) is 7.20. The topological polar surface area (TPSA) is 21.7 Å². The minimum atomic E-state index is 0.0399. The molecule has 1 aliphatic heterocycles. The van der Waals surface area contributed by atoms with Gasteiger partial charge in [-0.25, -0.2) is 0 Å². The standard InChI is InChI=1S/C12H25NO2/c1-4-11(2)10-13(3)7-6-12-14-8-5-9-15-12/h11-12H,4-10H2,1-3H3. The summed E-state index contributed by atoms with van der Waals surface area (Å²) in [5.74, 6) is 0.781. The number of rotatable bonds is 6. The van der Waals surface area contributed by atoms with Crippen LogP contribution in [0.3, 0.4) is 0 Å². The van der Waals surface area contributed by atoms with Gasteiger partial charge < -0.3 is 14.4 Å². The molecule has 15 heavy (non-hydrogen) atoms. The third-order valence-corrected chi connectivity index (χ3v) is 2.96. The Kier molecular flexibility index (Phi) is 6.22. The first-order valence-corrected chi connectivity index (χ1v) is 6.14. The van der Waals surface area contributed by atoms with Gasteiger partial charge in [0.1, 0.15) is 0 Å². The lowest BCUT2D eigenvalue weighted by Crippen LogP contribution is -2.31. The Morgan fingerprint density at radius 1 is 1.33 bits per heavy atom. The molecule has 1 aliphatic rings. The van der Waals surface area contributed by atoms with E-state index in [2.05, 4.69) is 25.8 Å². The van der Waals surface area contributed by atoms with E-state index in [1.54, 1.807) is 0 Å². The molecule has 0 N–H and O–H groups in total. The van der Waals surface area contributed by atoms with Crippen molar-refractivity contribution >= 4 is 0 Å². The molecule has 1 atom stereocenters. The molecule has 3 nitrogen and oxygen atoms in total. The Bertz CT molecular complexity index is 158. The van der Waals surface area contributed by atoms with E-state index in [1.165, 1.54) is 13.0 Å². The van der Waals surface area contributed by atoms with E-state index in [9.17, 15) is 0 Å². The lowest BCUT2D eigenvalue weighted by atomic mass is 10.1. The van der Waals surface area contributed by atoms with E-state index in [0.717, 1.165) is 38.5 Å². The molecule has 90 valence electrons. The van der Waals surface area contributed by atoms with Crippen LogP contribution in [0.25, 0.3) is 0 Å². The Balaban J connectivity index is 2.07. The molecule has 0 amide bonds. The molecular formula is C12H25NO2. The van der Waals surface area contributed by atoms with Crippen molar-refractivity contribution in [1.29, 1.82) is 0 Å². The van der Waals surface area contributed by atoms with Crippen LogP contribution in [0.5, 0.6) is 0 Å². The van der Waals surface area contributed by atoms with Crippen molar-refractivity contribution in [3.8, 4) is 0 Å². The lowest BCUT2D eigenvalue weighted by molar-refractivity contribution is -0.182. The Morgan fingerprint density at radius 3 is 2.60 bits per heavy atom. The second-order valence-electron chi connectivity index (χ2n) is 4.59. The molecule has 1 saturated heterocycles. The monoisotopic (exact) mass is 215 g/mol. The van der Waals surface area contributed by atoms with Gasteiger partial charge in [0.15, 0.2) is 6.29 Å². The van der Waals surface area contributed by atoms with E-state index >= 15 is 0 Å². The molecule has 0 spiro atoms. The van der Waals surface area contributed by atoms with Crippen molar-refractivity contribution in [2.24, 2.45) is 5.92 Å². The fraction of sp³-hybridized carbons (Fsp3) is 1.00. The summed E-state index contributed by atoms with van der Waals surface area (Å²) in [6, 6.07) is 0. The third-order valence-electron chi connectivity index (χ3n) is 2.96. The summed E-state index contributed by atoms with van der Waals surface area (Å²) in [5, 5.41) is 0. The number of hydrogen-bond acceptors (Lipinski definition) is 3. The molecule has 0 radical (unpaired) electrons. The molecule has 0 aromatic carbocycles. The highest BCUT2D eigenvalue weighted by atomic mass is 16.7. The first-order chi connectivity index (χ1) is 7.22. The molecule has 1 rings (SSSR count). The van der Waals surface area contributed by atoms with Crippen molar-refractivity contribution in [2.45, 2.75) is 39.4 Å². The summed E-state index contributed by atoms with van der Waals surface area (Å²) in [6.07, 6.45) is 3.32. The van der Waals surface area contributed by atoms with Gasteiger partial charge in [-0.3, -0.25) is 0 Å². The predicted octanol–water partition coefficient (Wildman–Crippen LogP) is 2.12. The highest BCUT2D eigenvalue weighted by molar-refractivity contribution is 4.60. The van der Waals surface area contributed by atoms with Crippen LogP contribution >= 0.6 is 0 Å². The van der Waals surface area contributed by atoms with Gasteiger partial charge >= 0.3 is 0 Å². The maximum Gasteiger partial charge on any atom is 0.158 e. The van der Waals surface area contributed by atoms with Crippen LogP contribution in [-0.4, -0.2) is 44.5 Å². The van der Waals surface area contributed by atoms with Crippen LogP contribution in [0.4, 0.5) is 0 Å². The van der Waals surface area contributed by atoms with Crippen molar-refractivity contribution in [3.05, 3.63) is 0 Å². The van der Waals surface area contributed by atoms with Gasteiger partial charge in [-0.1, -0.05) is 20.3 Å².